The van der Waals surface area contributed by atoms with Crippen molar-refractivity contribution in [3.05, 3.63) is 23.8 Å². The predicted octanol–water partition coefficient (Wildman–Crippen LogP) is 0.812. The van der Waals surface area contributed by atoms with Gasteiger partial charge in [0.2, 0.25) is 0 Å². The molecule has 25 heavy (non-hydrogen) atoms. The van der Waals surface area contributed by atoms with Crippen molar-refractivity contribution in [2.45, 2.75) is 25.0 Å². The predicted molar refractivity (Wildman–Crippen MR) is 90.9 cm³/mol. The minimum atomic E-state index is -0.717. The number of aliphatic hydroxyl groups excluding tert-OH is 1. The van der Waals surface area contributed by atoms with Gasteiger partial charge in [0.25, 0.3) is 5.91 Å². The Morgan fingerprint density at radius 3 is 2.88 bits per heavy atom. The summed E-state index contributed by atoms with van der Waals surface area (Å²) in [6.45, 7) is 1.15. The van der Waals surface area contributed by atoms with E-state index in [1.807, 2.05) is 0 Å². The van der Waals surface area contributed by atoms with Crippen LogP contribution in [-0.4, -0.2) is 67.5 Å². The van der Waals surface area contributed by atoms with Crippen molar-refractivity contribution in [1.29, 1.82) is 0 Å². The summed E-state index contributed by atoms with van der Waals surface area (Å²) in [7, 11) is 1.50. The first-order valence-corrected chi connectivity index (χ1v) is 8.37. The molecule has 0 radical (unpaired) electrons. The van der Waals surface area contributed by atoms with E-state index in [0.29, 0.717) is 30.2 Å². The van der Waals surface area contributed by atoms with Crippen LogP contribution in [-0.2, 0) is 4.74 Å². The number of benzene rings is 1. The number of amides is 3. The summed E-state index contributed by atoms with van der Waals surface area (Å²) in [6, 6.07) is 4.79. The number of ether oxygens (including phenoxy) is 2. The number of nitrogens with one attached hydrogen (secondary N) is 2. The monoisotopic (exact) mass is 349 g/mol. The van der Waals surface area contributed by atoms with Gasteiger partial charge in [-0.3, -0.25) is 4.79 Å². The highest BCUT2D eigenvalue weighted by Crippen LogP contribution is 2.27. The number of hydrogen-bond acceptors (Lipinski definition) is 5. The third-order valence-electron chi connectivity index (χ3n) is 4.15. The second-order valence-corrected chi connectivity index (χ2v) is 6.27. The number of β-amino-alcohol motifs (C(OH)–C–C–N with tert-alkyl or cyclic N) is 1. The SMILES string of the molecule is COc1ccc(C(=O)NC2CC2)cc1NC(=O)N1CCOC[C@@H](O)C1. The normalized spacial score (nSPS) is 20.6. The Hall–Kier alpha value is -2.32. The number of hydrogen-bond donors (Lipinski definition) is 3. The Kier molecular flexibility index (Phi) is 5.40. The Morgan fingerprint density at radius 2 is 2.16 bits per heavy atom. The van der Waals surface area contributed by atoms with Gasteiger partial charge in [-0.1, -0.05) is 0 Å². The zero-order chi connectivity index (χ0) is 17.8. The van der Waals surface area contributed by atoms with Crippen molar-refractivity contribution in [2.75, 3.05) is 38.7 Å². The number of rotatable bonds is 4. The number of aliphatic hydroxyl groups is 1. The van der Waals surface area contributed by atoms with Crippen LogP contribution in [0.1, 0.15) is 23.2 Å². The van der Waals surface area contributed by atoms with E-state index in [0.717, 1.165) is 12.8 Å². The van der Waals surface area contributed by atoms with Gasteiger partial charge in [-0.15, -0.1) is 0 Å². The van der Waals surface area contributed by atoms with E-state index >= 15 is 0 Å². The summed E-state index contributed by atoms with van der Waals surface area (Å²) < 4.78 is 10.5. The van der Waals surface area contributed by atoms with E-state index in [-0.39, 0.29) is 31.1 Å². The fourth-order valence-electron chi connectivity index (χ4n) is 2.61. The van der Waals surface area contributed by atoms with E-state index in [1.54, 1.807) is 18.2 Å². The zero-order valence-corrected chi connectivity index (χ0v) is 14.2. The number of anilines is 1. The smallest absolute Gasteiger partial charge is 0.322 e. The molecule has 8 nitrogen and oxygen atoms in total. The van der Waals surface area contributed by atoms with Crippen molar-refractivity contribution in [3.63, 3.8) is 0 Å². The maximum atomic E-state index is 12.5. The molecule has 1 saturated carbocycles. The van der Waals surface area contributed by atoms with Crippen molar-refractivity contribution >= 4 is 17.6 Å². The molecule has 3 rings (SSSR count). The van der Waals surface area contributed by atoms with Crippen LogP contribution in [0.5, 0.6) is 5.75 Å². The number of carbonyl (C=O) groups is 2. The second-order valence-electron chi connectivity index (χ2n) is 6.27. The van der Waals surface area contributed by atoms with Gasteiger partial charge in [-0.05, 0) is 31.0 Å². The molecular formula is C17H23N3O5. The topological polar surface area (TPSA) is 100 Å². The van der Waals surface area contributed by atoms with Gasteiger partial charge in [0.1, 0.15) is 5.75 Å². The summed E-state index contributed by atoms with van der Waals surface area (Å²) in [4.78, 5) is 26.2. The van der Waals surface area contributed by atoms with Crippen LogP contribution in [0.15, 0.2) is 18.2 Å². The number of urea groups is 1. The van der Waals surface area contributed by atoms with Crippen molar-refractivity contribution in [1.82, 2.24) is 10.2 Å². The van der Waals surface area contributed by atoms with E-state index in [9.17, 15) is 14.7 Å². The Morgan fingerprint density at radius 1 is 1.36 bits per heavy atom. The molecule has 1 atom stereocenters. The Balaban J connectivity index is 1.72. The van der Waals surface area contributed by atoms with Crippen molar-refractivity contribution < 1.29 is 24.2 Å². The van der Waals surface area contributed by atoms with Gasteiger partial charge in [-0.25, -0.2) is 4.79 Å². The van der Waals surface area contributed by atoms with Gasteiger partial charge in [0, 0.05) is 18.2 Å². The highest BCUT2D eigenvalue weighted by molar-refractivity contribution is 5.98. The van der Waals surface area contributed by atoms with Crippen molar-refractivity contribution in [2.24, 2.45) is 0 Å². The molecule has 0 unspecified atom stereocenters. The second kappa shape index (κ2) is 7.71. The first-order valence-electron chi connectivity index (χ1n) is 8.37. The van der Waals surface area contributed by atoms with Gasteiger partial charge in [0.15, 0.2) is 0 Å². The van der Waals surface area contributed by atoms with Gasteiger partial charge < -0.3 is 30.1 Å². The fourth-order valence-corrected chi connectivity index (χ4v) is 2.61. The van der Waals surface area contributed by atoms with Crippen LogP contribution in [0.3, 0.4) is 0 Å². The molecule has 2 fully saturated rings. The Bertz CT molecular complexity index is 647. The zero-order valence-electron chi connectivity index (χ0n) is 14.2. The maximum absolute atomic E-state index is 12.5. The van der Waals surface area contributed by atoms with E-state index in [2.05, 4.69) is 10.6 Å². The summed E-state index contributed by atoms with van der Waals surface area (Å²) in [5.74, 6) is 0.294. The summed E-state index contributed by atoms with van der Waals surface area (Å²) in [5, 5.41) is 15.4. The average molecular weight is 349 g/mol. The lowest BCUT2D eigenvalue weighted by atomic mass is 10.1. The lowest BCUT2D eigenvalue weighted by Gasteiger charge is -2.22. The number of carbonyl (C=O) groups excluding carboxylic acids is 2. The van der Waals surface area contributed by atoms with Gasteiger partial charge in [-0.2, -0.15) is 0 Å². The van der Waals surface area contributed by atoms with Crippen LogP contribution in [0.4, 0.5) is 10.5 Å². The number of nitrogens with zero attached hydrogens (tertiary/aromatic N) is 1. The molecule has 136 valence electrons. The third-order valence-corrected chi connectivity index (χ3v) is 4.15. The van der Waals surface area contributed by atoms with Crippen LogP contribution in [0.2, 0.25) is 0 Å². The molecule has 3 N–H and O–H groups in total. The van der Waals surface area contributed by atoms with E-state index < -0.39 is 6.10 Å². The third kappa shape index (κ3) is 4.61. The standard InChI is InChI=1S/C17H23N3O5/c1-24-15-5-2-11(16(22)18-12-3-4-12)8-14(15)19-17(23)20-6-7-25-10-13(21)9-20/h2,5,8,12-13,21H,3-4,6-7,9-10H2,1H3,(H,18,22)(H,19,23)/t13-/m0/s1. The molecule has 0 bridgehead atoms. The molecule has 8 heteroatoms. The maximum Gasteiger partial charge on any atom is 0.322 e. The van der Waals surface area contributed by atoms with Crippen molar-refractivity contribution in [3.8, 4) is 5.75 Å². The minimum absolute atomic E-state index is 0.167. The summed E-state index contributed by atoms with van der Waals surface area (Å²) in [5.41, 5.74) is 0.873. The molecule has 1 heterocycles. The quantitative estimate of drug-likeness (QED) is 0.747. The van der Waals surface area contributed by atoms with E-state index in [1.165, 1.54) is 12.0 Å². The molecule has 0 aromatic heterocycles. The molecule has 1 aliphatic carbocycles. The molecule has 1 saturated heterocycles. The van der Waals surface area contributed by atoms with Gasteiger partial charge >= 0.3 is 6.03 Å². The fraction of sp³-hybridized carbons (Fsp3) is 0.529. The van der Waals surface area contributed by atoms with Crippen LogP contribution < -0.4 is 15.4 Å². The van der Waals surface area contributed by atoms with Crippen LogP contribution >= 0.6 is 0 Å². The number of methoxy groups -OCH3 is 1. The minimum Gasteiger partial charge on any atom is -0.495 e. The molecule has 3 amide bonds. The molecule has 2 aliphatic rings. The summed E-state index contributed by atoms with van der Waals surface area (Å²) in [6.07, 6.45) is 1.29. The average Bonchev–Trinajstić information content (AvgIpc) is 3.42. The van der Waals surface area contributed by atoms with Crippen LogP contribution in [0, 0.1) is 0 Å². The molecule has 0 spiro atoms. The lowest BCUT2D eigenvalue weighted by Crippen LogP contribution is -2.40. The first-order chi connectivity index (χ1) is 12.1. The highest BCUT2D eigenvalue weighted by Gasteiger charge is 2.25. The van der Waals surface area contributed by atoms with Gasteiger partial charge in [0.05, 0.1) is 38.7 Å². The lowest BCUT2D eigenvalue weighted by molar-refractivity contribution is 0.0575. The molecule has 1 aliphatic heterocycles. The largest absolute Gasteiger partial charge is 0.495 e. The summed E-state index contributed by atoms with van der Waals surface area (Å²) >= 11 is 0. The van der Waals surface area contributed by atoms with Crippen LogP contribution in [0.25, 0.3) is 0 Å². The molecule has 1 aromatic rings. The molecule has 1 aromatic carbocycles. The van der Waals surface area contributed by atoms with E-state index in [4.69, 9.17) is 9.47 Å². The first kappa shape index (κ1) is 17.5. The molecular weight excluding hydrogens is 326 g/mol. The highest BCUT2D eigenvalue weighted by atomic mass is 16.5. The Labute approximate surface area is 146 Å².